The molecular formula is C15H13BrF2. The standard InChI is InChI=1S/C15H13BrF2/c1-2-10-3-5-11(6-4-10)15(16)12-7-13(17)9-14(18)8-12/h3-9,15H,2H2,1H3. The summed E-state index contributed by atoms with van der Waals surface area (Å²) in [6.45, 7) is 2.09. The van der Waals surface area contributed by atoms with Crippen LogP contribution in [0.2, 0.25) is 0 Å². The van der Waals surface area contributed by atoms with Gasteiger partial charge in [0.2, 0.25) is 0 Å². The fraction of sp³-hybridized carbons (Fsp3) is 0.200. The van der Waals surface area contributed by atoms with Gasteiger partial charge in [-0.25, -0.2) is 8.78 Å². The zero-order chi connectivity index (χ0) is 13.1. The lowest BCUT2D eigenvalue weighted by Gasteiger charge is -2.11. The molecule has 0 radical (unpaired) electrons. The Hall–Kier alpha value is -1.22. The Balaban J connectivity index is 2.31. The summed E-state index contributed by atoms with van der Waals surface area (Å²) >= 11 is 3.48. The van der Waals surface area contributed by atoms with Gasteiger partial charge in [-0.1, -0.05) is 47.1 Å². The van der Waals surface area contributed by atoms with Gasteiger partial charge in [-0.2, -0.15) is 0 Å². The molecule has 94 valence electrons. The van der Waals surface area contributed by atoms with E-state index in [2.05, 4.69) is 22.9 Å². The molecule has 1 atom stereocenters. The zero-order valence-electron chi connectivity index (χ0n) is 9.96. The summed E-state index contributed by atoms with van der Waals surface area (Å²) in [4.78, 5) is -0.200. The first-order valence-electron chi connectivity index (χ1n) is 5.79. The predicted octanol–water partition coefficient (Wildman–Crippen LogP) is 5.01. The Morgan fingerprint density at radius 3 is 2.00 bits per heavy atom. The maximum atomic E-state index is 13.2. The summed E-state index contributed by atoms with van der Waals surface area (Å²) < 4.78 is 26.3. The lowest BCUT2D eigenvalue weighted by Crippen LogP contribution is -1.95. The summed E-state index contributed by atoms with van der Waals surface area (Å²) in [6, 6.07) is 11.6. The average Bonchev–Trinajstić information content (AvgIpc) is 2.37. The van der Waals surface area contributed by atoms with Crippen molar-refractivity contribution < 1.29 is 8.78 Å². The molecule has 0 aliphatic rings. The van der Waals surface area contributed by atoms with Crippen molar-refractivity contribution in [2.24, 2.45) is 0 Å². The van der Waals surface area contributed by atoms with E-state index in [4.69, 9.17) is 0 Å². The van der Waals surface area contributed by atoms with Gasteiger partial charge in [-0.05, 0) is 35.2 Å². The molecule has 0 saturated carbocycles. The molecule has 0 fully saturated rings. The fourth-order valence-electron chi connectivity index (χ4n) is 1.84. The topological polar surface area (TPSA) is 0 Å². The number of hydrogen-bond donors (Lipinski definition) is 0. The first-order chi connectivity index (χ1) is 8.60. The smallest absolute Gasteiger partial charge is 0.126 e. The molecule has 0 nitrogen and oxygen atoms in total. The Kier molecular flexibility index (Phi) is 4.12. The Morgan fingerprint density at radius 2 is 1.50 bits per heavy atom. The monoisotopic (exact) mass is 310 g/mol. The molecule has 0 aromatic heterocycles. The molecule has 2 aromatic carbocycles. The van der Waals surface area contributed by atoms with Crippen LogP contribution in [0.25, 0.3) is 0 Å². The highest BCUT2D eigenvalue weighted by atomic mass is 79.9. The first kappa shape index (κ1) is 13.2. The third-order valence-corrected chi connectivity index (χ3v) is 3.92. The number of alkyl halides is 1. The van der Waals surface area contributed by atoms with E-state index in [0.29, 0.717) is 5.56 Å². The highest BCUT2D eigenvalue weighted by molar-refractivity contribution is 9.09. The van der Waals surface area contributed by atoms with Crippen LogP contribution in [0.4, 0.5) is 8.78 Å². The Bertz CT molecular complexity index is 514. The number of rotatable bonds is 3. The third kappa shape index (κ3) is 2.96. The van der Waals surface area contributed by atoms with Crippen LogP contribution in [0, 0.1) is 11.6 Å². The third-order valence-electron chi connectivity index (χ3n) is 2.86. The fourth-order valence-corrected chi connectivity index (χ4v) is 2.41. The molecule has 2 rings (SSSR count). The molecule has 0 amide bonds. The van der Waals surface area contributed by atoms with Crippen molar-refractivity contribution >= 4 is 15.9 Å². The van der Waals surface area contributed by atoms with Gasteiger partial charge < -0.3 is 0 Å². The van der Waals surface area contributed by atoms with E-state index < -0.39 is 11.6 Å². The lowest BCUT2D eigenvalue weighted by molar-refractivity contribution is 0.580. The van der Waals surface area contributed by atoms with Crippen molar-refractivity contribution in [3.63, 3.8) is 0 Å². The van der Waals surface area contributed by atoms with E-state index in [0.717, 1.165) is 18.1 Å². The van der Waals surface area contributed by atoms with Crippen molar-refractivity contribution in [2.45, 2.75) is 18.2 Å². The van der Waals surface area contributed by atoms with Crippen LogP contribution in [0.5, 0.6) is 0 Å². The number of hydrogen-bond acceptors (Lipinski definition) is 0. The summed E-state index contributed by atoms with van der Waals surface area (Å²) in [5.74, 6) is -1.11. The normalized spacial score (nSPS) is 12.4. The molecule has 1 unspecified atom stereocenters. The molecular weight excluding hydrogens is 298 g/mol. The van der Waals surface area contributed by atoms with Crippen LogP contribution < -0.4 is 0 Å². The molecule has 0 spiro atoms. The van der Waals surface area contributed by atoms with Crippen molar-refractivity contribution in [1.82, 2.24) is 0 Å². The number of benzene rings is 2. The SMILES string of the molecule is CCc1ccc(C(Br)c2cc(F)cc(F)c2)cc1. The van der Waals surface area contributed by atoms with Crippen molar-refractivity contribution in [1.29, 1.82) is 0 Å². The molecule has 0 aliphatic heterocycles. The summed E-state index contributed by atoms with van der Waals surface area (Å²) in [6.07, 6.45) is 0.974. The average molecular weight is 311 g/mol. The van der Waals surface area contributed by atoms with Gasteiger partial charge >= 0.3 is 0 Å². The predicted molar refractivity (Wildman–Crippen MR) is 72.9 cm³/mol. The van der Waals surface area contributed by atoms with Crippen molar-refractivity contribution in [3.8, 4) is 0 Å². The van der Waals surface area contributed by atoms with Crippen LogP contribution in [0.15, 0.2) is 42.5 Å². The minimum atomic E-state index is -0.556. The first-order valence-corrected chi connectivity index (χ1v) is 6.70. The van der Waals surface area contributed by atoms with E-state index in [9.17, 15) is 8.78 Å². The van der Waals surface area contributed by atoms with Crippen LogP contribution in [-0.4, -0.2) is 0 Å². The molecule has 3 heteroatoms. The molecule has 0 N–H and O–H groups in total. The van der Waals surface area contributed by atoms with Gasteiger partial charge in [-0.15, -0.1) is 0 Å². The Labute approximate surface area is 114 Å². The molecule has 0 saturated heterocycles. The van der Waals surface area contributed by atoms with Crippen LogP contribution in [-0.2, 0) is 6.42 Å². The van der Waals surface area contributed by atoms with Crippen LogP contribution in [0.1, 0.15) is 28.4 Å². The Morgan fingerprint density at radius 1 is 0.944 bits per heavy atom. The second-order valence-electron chi connectivity index (χ2n) is 4.16. The van der Waals surface area contributed by atoms with Crippen LogP contribution >= 0.6 is 15.9 Å². The largest absolute Gasteiger partial charge is 0.207 e. The van der Waals surface area contributed by atoms with Crippen molar-refractivity contribution in [3.05, 3.63) is 70.8 Å². The highest BCUT2D eigenvalue weighted by Crippen LogP contribution is 2.31. The second kappa shape index (κ2) is 5.61. The summed E-state index contributed by atoms with van der Waals surface area (Å²) in [7, 11) is 0. The minimum absolute atomic E-state index is 0.200. The molecule has 2 aromatic rings. The zero-order valence-corrected chi connectivity index (χ0v) is 11.5. The minimum Gasteiger partial charge on any atom is -0.207 e. The van der Waals surface area contributed by atoms with Gasteiger partial charge in [0.15, 0.2) is 0 Å². The molecule has 0 heterocycles. The second-order valence-corrected chi connectivity index (χ2v) is 5.08. The number of halogens is 3. The lowest BCUT2D eigenvalue weighted by atomic mass is 10.0. The van der Waals surface area contributed by atoms with Gasteiger partial charge in [0.1, 0.15) is 11.6 Å². The summed E-state index contributed by atoms with van der Waals surface area (Å²) in [5.41, 5.74) is 2.80. The quantitative estimate of drug-likeness (QED) is 0.699. The van der Waals surface area contributed by atoms with Crippen LogP contribution in [0.3, 0.4) is 0 Å². The maximum Gasteiger partial charge on any atom is 0.126 e. The van der Waals surface area contributed by atoms with Gasteiger partial charge in [0.05, 0.1) is 4.83 Å². The van der Waals surface area contributed by atoms with Gasteiger partial charge in [0, 0.05) is 6.07 Å². The number of aryl methyl sites for hydroxylation is 1. The summed E-state index contributed by atoms with van der Waals surface area (Å²) in [5, 5.41) is 0. The van der Waals surface area contributed by atoms with Crippen molar-refractivity contribution in [2.75, 3.05) is 0 Å². The highest BCUT2D eigenvalue weighted by Gasteiger charge is 2.12. The van der Waals surface area contributed by atoms with E-state index >= 15 is 0 Å². The van der Waals surface area contributed by atoms with E-state index in [1.165, 1.54) is 17.7 Å². The molecule has 18 heavy (non-hydrogen) atoms. The van der Waals surface area contributed by atoms with E-state index in [1.807, 2.05) is 24.3 Å². The molecule has 0 bridgehead atoms. The maximum absolute atomic E-state index is 13.2. The molecule has 0 aliphatic carbocycles. The van der Waals surface area contributed by atoms with Gasteiger partial charge in [-0.3, -0.25) is 0 Å². The van der Waals surface area contributed by atoms with E-state index in [-0.39, 0.29) is 4.83 Å². The van der Waals surface area contributed by atoms with E-state index in [1.54, 1.807) is 0 Å². The van der Waals surface area contributed by atoms with Gasteiger partial charge in [0.25, 0.3) is 0 Å².